The maximum absolute atomic E-state index is 9.81. The smallest absolute Gasteiger partial charge is 0.302 e. The number of carbonyl (C=O) groups is 2. The molecule has 0 aliphatic rings. The van der Waals surface area contributed by atoms with Gasteiger partial charge in [0, 0.05) is 27.6 Å². The molecule has 0 aromatic rings. The number of esters is 1. The van der Waals surface area contributed by atoms with Crippen molar-refractivity contribution in [3.8, 4) is 0 Å². The second-order valence-electron chi connectivity index (χ2n) is 3.77. The SMILES string of the molecule is CCC.CCC(C)=O.CNC.COC.COC(C)=O.CSC. The van der Waals surface area contributed by atoms with Crippen molar-refractivity contribution in [2.24, 2.45) is 0 Å². The Morgan fingerprint density at radius 2 is 1.05 bits per heavy atom. The number of ketones is 1. The molecule has 0 rings (SSSR count). The number of hydrogen-bond acceptors (Lipinski definition) is 6. The topological polar surface area (TPSA) is 64.6 Å². The average Bonchev–Trinajstić information content (AvgIpc) is 2.43. The minimum absolute atomic E-state index is 0.245. The molecule has 22 heavy (non-hydrogen) atoms. The fraction of sp³-hybridized carbons (Fsp3) is 0.875. The molecule has 0 fully saturated rings. The van der Waals surface area contributed by atoms with Crippen LogP contribution in [0.5, 0.6) is 0 Å². The summed E-state index contributed by atoms with van der Waals surface area (Å²) in [6.45, 7) is 9.04. The van der Waals surface area contributed by atoms with Crippen molar-refractivity contribution in [3.05, 3.63) is 0 Å². The zero-order chi connectivity index (χ0) is 19.4. The summed E-state index contributed by atoms with van der Waals surface area (Å²) < 4.78 is 8.36. The highest BCUT2D eigenvalue weighted by Crippen LogP contribution is 1.71. The number of rotatable bonds is 1. The lowest BCUT2D eigenvalue weighted by Crippen LogP contribution is -1.89. The van der Waals surface area contributed by atoms with Gasteiger partial charge in [-0.05, 0) is 33.5 Å². The fourth-order valence-corrected chi connectivity index (χ4v) is 0. The van der Waals surface area contributed by atoms with Gasteiger partial charge in [-0.1, -0.05) is 27.2 Å². The quantitative estimate of drug-likeness (QED) is 0.733. The molecule has 0 bridgehead atoms. The molecular formula is C16H41NO4S. The Labute approximate surface area is 143 Å². The molecule has 0 unspecified atom stereocenters. The Balaban J connectivity index is -0.0000000357. The molecule has 0 amide bonds. The highest BCUT2D eigenvalue weighted by atomic mass is 32.2. The first-order valence-corrected chi connectivity index (χ1v) is 8.76. The third-order valence-electron chi connectivity index (χ3n) is 0.785. The molecule has 1 N–H and O–H groups in total. The Morgan fingerprint density at radius 3 is 1.05 bits per heavy atom. The van der Waals surface area contributed by atoms with E-state index in [0.717, 1.165) is 0 Å². The Hall–Kier alpha value is -0.590. The molecule has 0 aromatic carbocycles. The van der Waals surface area contributed by atoms with E-state index in [1.54, 1.807) is 32.9 Å². The summed E-state index contributed by atoms with van der Waals surface area (Å²) in [5.74, 6) is 0.00926. The molecule has 0 atom stereocenters. The van der Waals surface area contributed by atoms with Gasteiger partial charge in [0.25, 0.3) is 0 Å². The number of ether oxygens (including phenoxy) is 2. The lowest BCUT2D eigenvalue weighted by atomic mass is 10.4. The summed E-state index contributed by atoms with van der Waals surface area (Å²) in [6, 6.07) is 0. The molecule has 0 heterocycles. The largest absolute Gasteiger partial charge is 0.469 e. The van der Waals surface area contributed by atoms with Crippen LogP contribution in [0.25, 0.3) is 0 Å². The van der Waals surface area contributed by atoms with Gasteiger partial charge in [-0.2, -0.15) is 11.8 Å². The molecule has 0 saturated heterocycles. The first-order valence-electron chi connectivity index (χ1n) is 7.13. The van der Waals surface area contributed by atoms with Crippen molar-refractivity contribution in [2.45, 2.75) is 47.5 Å². The van der Waals surface area contributed by atoms with Gasteiger partial charge >= 0.3 is 5.97 Å². The fourth-order valence-electron chi connectivity index (χ4n) is 0. The Kier molecular flexibility index (Phi) is 101. The highest BCUT2D eigenvalue weighted by Gasteiger charge is 1.77. The zero-order valence-corrected chi connectivity index (χ0v) is 17.8. The van der Waals surface area contributed by atoms with Gasteiger partial charge < -0.3 is 19.6 Å². The normalized spacial score (nSPS) is 6.55. The predicted octanol–water partition coefficient (Wildman–Crippen LogP) is 3.66. The van der Waals surface area contributed by atoms with Crippen molar-refractivity contribution in [3.63, 3.8) is 0 Å². The molecule has 0 aromatic heterocycles. The predicted molar refractivity (Wildman–Crippen MR) is 102 cm³/mol. The molecule has 0 spiro atoms. The third-order valence-corrected chi connectivity index (χ3v) is 0.785. The van der Waals surface area contributed by atoms with Crippen LogP contribution in [-0.2, 0) is 19.1 Å². The van der Waals surface area contributed by atoms with E-state index in [-0.39, 0.29) is 11.8 Å². The van der Waals surface area contributed by atoms with Gasteiger partial charge in [-0.25, -0.2) is 0 Å². The van der Waals surface area contributed by atoms with E-state index in [2.05, 4.69) is 28.6 Å². The summed E-state index contributed by atoms with van der Waals surface area (Å²) in [5, 5.41) is 2.75. The average molecular weight is 344 g/mol. The van der Waals surface area contributed by atoms with Crippen LogP contribution in [0.2, 0.25) is 0 Å². The monoisotopic (exact) mass is 343 g/mol. The molecular weight excluding hydrogens is 302 g/mol. The number of Topliss-reactive ketones (excluding diaryl/α,β-unsaturated/α-hetero) is 1. The van der Waals surface area contributed by atoms with Crippen LogP contribution in [0, 0.1) is 0 Å². The first kappa shape index (κ1) is 37.6. The van der Waals surface area contributed by atoms with E-state index in [9.17, 15) is 9.59 Å². The summed E-state index contributed by atoms with van der Waals surface area (Å²) in [4.78, 5) is 19.4. The second-order valence-corrected chi connectivity index (χ2v) is 4.59. The van der Waals surface area contributed by atoms with Crippen molar-refractivity contribution in [1.82, 2.24) is 5.32 Å². The van der Waals surface area contributed by atoms with Gasteiger partial charge in [-0.15, -0.1) is 0 Å². The summed E-state index contributed by atoms with van der Waals surface area (Å²) in [5.41, 5.74) is 0. The third kappa shape index (κ3) is 566. The van der Waals surface area contributed by atoms with Crippen molar-refractivity contribution < 1.29 is 19.1 Å². The van der Waals surface area contributed by atoms with Gasteiger partial charge in [0.1, 0.15) is 5.78 Å². The molecule has 140 valence electrons. The molecule has 0 aliphatic carbocycles. The number of carbonyl (C=O) groups excluding carboxylic acids is 2. The van der Waals surface area contributed by atoms with Gasteiger partial charge in [0.05, 0.1) is 7.11 Å². The van der Waals surface area contributed by atoms with Gasteiger partial charge in [0.15, 0.2) is 0 Å². The van der Waals surface area contributed by atoms with Crippen LogP contribution in [-0.4, -0.2) is 59.7 Å². The molecule has 5 nitrogen and oxygen atoms in total. The second kappa shape index (κ2) is 59.1. The van der Waals surface area contributed by atoms with Gasteiger partial charge in [-0.3, -0.25) is 4.79 Å². The zero-order valence-electron chi connectivity index (χ0n) is 17.0. The van der Waals surface area contributed by atoms with Crippen molar-refractivity contribution in [1.29, 1.82) is 0 Å². The molecule has 6 heteroatoms. The number of hydrogen-bond donors (Lipinski definition) is 1. The van der Waals surface area contributed by atoms with E-state index in [1.807, 2.05) is 33.5 Å². The first-order chi connectivity index (χ1) is 10.2. The number of methoxy groups -OCH3 is 2. The van der Waals surface area contributed by atoms with Crippen LogP contribution >= 0.6 is 11.8 Å². The van der Waals surface area contributed by atoms with Crippen LogP contribution in [0.3, 0.4) is 0 Å². The standard InChI is InChI=1S/C4H8O.C3H6O2.C3H8.C2H7N.C2H6O.C2H6S/c1-3-4(2)5;1-3(4)5-2;4*1-3-2/h3H2,1-2H3;1-2H3;3H2,1-2H3;3H,1-2H3;2*1-2H3. The van der Waals surface area contributed by atoms with Crippen LogP contribution in [0.15, 0.2) is 0 Å². The number of thioether (sulfide) groups is 1. The highest BCUT2D eigenvalue weighted by molar-refractivity contribution is 7.97. The summed E-state index contributed by atoms with van der Waals surface area (Å²) >= 11 is 1.75. The minimum Gasteiger partial charge on any atom is -0.469 e. The van der Waals surface area contributed by atoms with E-state index >= 15 is 0 Å². The summed E-state index contributed by atoms with van der Waals surface area (Å²) in [6.07, 6.45) is 6.00. The maximum atomic E-state index is 9.81. The lowest BCUT2D eigenvalue weighted by molar-refractivity contribution is -0.137. The molecule has 0 aliphatic heterocycles. The maximum Gasteiger partial charge on any atom is 0.302 e. The Morgan fingerprint density at radius 1 is 0.955 bits per heavy atom. The van der Waals surface area contributed by atoms with Crippen LogP contribution in [0.1, 0.15) is 47.5 Å². The number of nitrogens with one attached hydrogen (secondary N) is 1. The molecule has 0 saturated carbocycles. The van der Waals surface area contributed by atoms with E-state index in [0.29, 0.717) is 6.42 Å². The minimum atomic E-state index is -0.245. The molecule has 0 radical (unpaired) electrons. The lowest BCUT2D eigenvalue weighted by Gasteiger charge is -1.80. The summed E-state index contributed by atoms with van der Waals surface area (Å²) in [7, 11) is 8.35. The van der Waals surface area contributed by atoms with Crippen molar-refractivity contribution in [2.75, 3.05) is 47.9 Å². The Bertz CT molecular complexity index is 146. The van der Waals surface area contributed by atoms with E-state index in [1.165, 1.54) is 20.5 Å². The van der Waals surface area contributed by atoms with Crippen LogP contribution in [0.4, 0.5) is 0 Å². The van der Waals surface area contributed by atoms with E-state index in [4.69, 9.17) is 0 Å². The van der Waals surface area contributed by atoms with Crippen molar-refractivity contribution >= 4 is 23.5 Å². The van der Waals surface area contributed by atoms with Crippen LogP contribution < -0.4 is 5.32 Å². The van der Waals surface area contributed by atoms with E-state index < -0.39 is 0 Å². The van der Waals surface area contributed by atoms with Gasteiger partial charge in [0.2, 0.25) is 0 Å².